The predicted octanol–water partition coefficient (Wildman–Crippen LogP) is 3.42. The van der Waals surface area contributed by atoms with Crippen LogP contribution in [0.5, 0.6) is 11.5 Å². The van der Waals surface area contributed by atoms with E-state index in [2.05, 4.69) is 13.8 Å². The number of hydrogen-bond donors (Lipinski definition) is 2. The lowest BCUT2D eigenvalue weighted by atomic mass is 9.81. The van der Waals surface area contributed by atoms with Crippen LogP contribution < -0.4 is 15.2 Å². The first-order valence-electron chi connectivity index (χ1n) is 8.32. The number of aliphatic carboxylic acids is 1. The van der Waals surface area contributed by atoms with E-state index >= 15 is 0 Å². The van der Waals surface area contributed by atoms with E-state index in [4.69, 9.17) is 20.3 Å². The molecule has 3 N–H and O–H groups in total. The highest BCUT2D eigenvalue weighted by Gasteiger charge is 2.25. The van der Waals surface area contributed by atoms with Crippen LogP contribution in [0, 0.1) is 5.92 Å². The van der Waals surface area contributed by atoms with Gasteiger partial charge in [-0.25, -0.2) is 0 Å². The van der Waals surface area contributed by atoms with Crippen molar-refractivity contribution >= 4 is 5.97 Å². The lowest BCUT2D eigenvalue weighted by Crippen LogP contribution is -2.33. The number of carboxylic acid groups (broad SMARTS) is 1. The maximum atomic E-state index is 11.0. The van der Waals surface area contributed by atoms with Gasteiger partial charge in [0.15, 0.2) is 0 Å². The summed E-state index contributed by atoms with van der Waals surface area (Å²) in [7, 11) is 0. The van der Waals surface area contributed by atoms with E-state index < -0.39 is 12.0 Å². The Bertz CT molecular complexity index is 504. The van der Waals surface area contributed by atoms with E-state index in [1.807, 2.05) is 32.0 Å². The predicted molar refractivity (Wildman–Crippen MR) is 91.2 cm³/mol. The number of carboxylic acids is 1. The molecule has 0 aliphatic carbocycles. The average Bonchev–Trinajstić information content (AvgIpc) is 2.52. The Kier molecular flexibility index (Phi) is 7.89. The van der Waals surface area contributed by atoms with Crippen LogP contribution in [0.15, 0.2) is 18.2 Å². The van der Waals surface area contributed by atoms with Gasteiger partial charge >= 0.3 is 5.97 Å². The molecule has 0 spiro atoms. The molecule has 1 aromatic carbocycles. The molecular weight excluding hydrogens is 294 g/mol. The molecule has 0 heterocycles. The number of ether oxygens (including phenoxy) is 2. The summed E-state index contributed by atoms with van der Waals surface area (Å²) in [5.41, 5.74) is 6.79. The lowest BCUT2D eigenvalue weighted by molar-refractivity contribution is -0.139. The van der Waals surface area contributed by atoms with Crippen molar-refractivity contribution in [1.29, 1.82) is 0 Å². The highest BCUT2D eigenvalue weighted by Crippen LogP contribution is 2.37. The van der Waals surface area contributed by atoms with Crippen molar-refractivity contribution in [3.05, 3.63) is 23.8 Å². The van der Waals surface area contributed by atoms with Crippen LogP contribution in [-0.4, -0.2) is 30.3 Å². The van der Waals surface area contributed by atoms with Crippen molar-refractivity contribution < 1.29 is 19.4 Å². The van der Waals surface area contributed by atoms with Gasteiger partial charge in [0.25, 0.3) is 0 Å². The summed E-state index contributed by atoms with van der Waals surface area (Å²) in [6.07, 6.45) is 1.31. The minimum Gasteiger partial charge on any atom is -0.494 e. The minimum atomic E-state index is -0.952. The molecule has 3 atom stereocenters. The lowest BCUT2D eigenvalue weighted by Gasteiger charge is -2.26. The summed E-state index contributed by atoms with van der Waals surface area (Å²) in [4.78, 5) is 11.0. The van der Waals surface area contributed by atoms with Crippen molar-refractivity contribution in [1.82, 2.24) is 0 Å². The van der Waals surface area contributed by atoms with Crippen LogP contribution in [0.25, 0.3) is 0 Å². The van der Waals surface area contributed by atoms with E-state index in [1.165, 1.54) is 0 Å². The van der Waals surface area contributed by atoms with E-state index in [0.717, 1.165) is 23.5 Å². The van der Waals surface area contributed by atoms with Crippen LogP contribution in [-0.2, 0) is 4.79 Å². The zero-order chi connectivity index (χ0) is 17.4. The molecule has 0 bridgehead atoms. The topological polar surface area (TPSA) is 81.8 Å². The molecule has 0 saturated carbocycles. The number of rotatable bonds is 10. The molecule has 0 fully saturated rings. The molecule has 0 aromatic heterocycles. The number of benzene rings is 1. The first kappa shape index (κ1) is 19.3. The fraction of sp³-hybridized carbons (Fsp3) is 0.611. The molecule has 0 amide bonds. The van der Waals surface area contributed by atoms with Crippen LogP contribution in [0.3, 0.4) is 0 Å². The van der Waals surface area contributed by atoms with Gasteiger partial charge in [-0.3, -0.25) is 4.79 Å². The highest BCUT2D eigenvalue weighted by molar-refractivity contribution is 5.73. The quantitative estimate of drug-likeness (QED) is 0.689. The molecular formula is C18H29NO4. The Morgan fingerprint density at radius 2 is 1.87 bits per heavy atom. The standard InChI is InChI=1S/C18H29NO4/c1-5-13(10-16(19)18(20)21)12(4)15-9-8-14(22-6-2)11-17(15)23-7-3/h8-9,11-13,16H,5-7,10,19H2,1-4H3,(H,20,21). The Hall–Kier alpha value is -1.75. The van der Waals surface area contributed by atoms with Crippen LogP contribution >= 0.6 is 0 Å². The molecule has 130 valence electrons. The fourth-order valence-electron chi connectivity index (χ4n) is 2.83. The van der Waals surface area contributed by atoms with Gasteiger partial charge in [0.2, 0.25) is 0 Å². The number of carbonyl (C=O) groups is 1. The largest absolute Gasteiger partial charge is 0.494 e. The Morgan fingerprint density at radius 1 is 1.22 bits per heavy atom. The summed E-state index contributed by atoms with van der Waals surface area (Å²) in [5, 5.41) is 9.05. The Labute approximate surface area is 138 Å². The normalized spacial score (nSPS) is 14.8. The summed E-state index contributed by atoms with van der Waals surface area (Å²) in [5.74, 6) is 0.962. The molecule has 5 nitrogen and oxygen atoms in total. The van der Waals surface area contributed by atoms with Gasteiger partial charge in [0.05, 0.1) is 13.2 Å². The zero-order valence-corrected chi connectivity index (χ0v) is 14.5. The average molecular weight is 323 g/mol. The molecule has 1 aromatic rings. The van der Waals surface area contributed by atoms with Gasteiger partial charge in [-0.05, 0) is 43.7 Å². The Morgan fingerprint density at radius 3 is 2.39 bits per heavy atom. The second kappa shape index (κ2) is 9.40. The van der Waals surface area contributed by atoms with Crippen molar-refractivity contribution in [2.45, 2.75) is 52.5 Å². The molecule has 3 unspecified atom stereocenters. The molecule has 1 rings (SSSR count). The molecule has 0 saturated heterocycles. The fourth-order valence-corrected chi connectivity index (χ4v) is 2.83. The van der Waals surface area contributed by atoms with Gasteiger partial charge in [-0.1, -0.05) is 26.3 Å². The molecule has 5 heteroatoms. The molecule has 0 aliphatic rings. The first-order valence-corrected chi connectivity index (χ1v) is 8.32. The molecule has 0 aliphatic heterocycles. The van der Waals surface area contributed by atoms with E-state index in [1.54, 1.807) is 0 Å². The van der Waals surface area contributed by atoms with Gasteiger partial charge < -0.3 is 20.3 Å². The van der Waals surface area contributed by atoms with E-state index in [9.17, 15) is 4.79 Å². The van der Waals surface area contributed by atoms with Crippen LogP contribution in [0.4, 0.5) is 0 Å². The monoisotopic (exact) mass is 323 g/mol. The molecule has 0 radical (unpaired) electrons. The minimum absolute atomic E-state index is 0.155. The third-order valence-corrected chi connectivity index (χ3v) is 4.19. The van der Waals surface area contributed by atoms with Crippen molar-refractivity contribution in [2.24, 2.45) is 11.7 Å². The second-order valence-corrected chi connectivity index (χ2v) is 5.70. The summed E-state index contributed by atoms with van der Waals surface area (Å²) < 4.78 is 11.3. The van der Waals surface area contributed by atoms with Gasteiger partial charge in [-0.15, -0.1) is 0 Å². The maximum absolute atomic E-state index is 11.0. The van der Waals surface area contributed by atoms with E-state index in [0.29, 0.717) is 19.6 Å². The SMILES string of the molecule is CCOc1ccc(C(C)C(CC)CC(N)C(=O)O)c(OCC)c1. The first-order chi connectivity index (χ1) is 10.9. The van der Waals surface area contributed by atoms with Crippen molar-refractivity contribution in [2.75, 3.05) is 13.2 Å². The number of nitrogens with two attached hydrogens (primary N) is 1. The van der Waals surface area contributed by atoms with Gasteiger partial charge in [0, 0.05) is 6.07 Å². The van der Waals surface area contributed by atoms with Crippen LogP contribution in [0.2, 0.25) is 0 Å². The van der Waals surface area contributed by atoms with Crippen molar-refractivity contribution in [3.8, 4) is 11.5 Å². The second-order valence-electron chi connectivity index (χ2n) is 5.70. The summed E-state index contributed by atoms with van der Waals surface area (Å²) in [6.45, 7) is 9.22. The van der Waals surface area contributed by atoms with Crippen LogP contribution in [0.1, 0.15) is 52.0 Å². The van der Waals surface area contributed by atoms with E-state index in [-0.39, 0.29) is 11.8 Å². The van der Waals surface area contributed by atoms with Crippen molar-refractivity contribution in [3.63, 3.8) is 0 Å². The highest BCUT2D eigenvalue weighted by atomic mass is 16.5. The Balaban J connectivity index is 3.03. The number of hydrogen-bond acceptors (Lipinski definition) is 4. The zero-order valence-electron chi connectivity index (χ0n) is 14.5. The summed E-state index contributed by atoms with van der Waals surface area (Å²) in [6, 6.07) is 5.01. The van der Waals surface area contributed by atoms with Gasteiger partial charge in [-0.2, -0.15) is 0 Å². The third kappa shape index (κ3) is 5.43. The summed E-state index contributed by atoms with van der Waals surface area (Å²) >= 11 is 0. The van der Waals surface area contributed by atoms with Gasteiger partial charge in [0.1, 0.15) is 17.5 Å². The third-order valence-electron chi connectivity index (χ3n) is 4.19. The maximum Gasteiger partial charge on any atom is 0.320 e. The molecule has 23 heavy (non-hydrogen) atoms. The smallest absolute Gasteiger partial charge is 0.320 e.